The lowest BCUT2D eigenvalue weighted by Crippen LogP contribution is -2.27. The maximum Gasteiger partial charge on any atom is 0.338 e. The number of allylic oxidation sites excluding steroid dienone is 1. The largest absolute Gasteiger partial charge is 0.454 e. The van der Waals surface area contributed by atoms with E-state index in [2.05, 4.69) is 13.8 Å². The number of sulfonamides is 1. The van der Waals surface area contributed by atoms with E-state index in [1.807, 2.05) is 36.2 Å². The van der Waals surface area contributed by atoms with Crippen molar-refractivity contribution in [2.75, 3.05) is 31.6 Å². The fraction of sp³-hybridized carbons (Fsp3) is 0.360. The van der Waals surface area contributed by atoms with E-state index in [4.69, 9.17) is 4.74 Å². The van der Waals surface area contributed by atoms with Crippen molar-refractivity contribution < 1.29 is 22.7 Å². The molecule has 2 aliphatic heterocycles. The summed E-state index contributed by atoms with van der Waals surface area (Å²) in [5, 5.41) is 0. The Bertz CT molecular complexity index is 1210. The molecule has 0 unspecified atom stereocenters. The van der Waals surface area contributed by atoms with Crippen molar-refractivity contribution in [2.45, 2.75) is 37.0 Å². The van der Waals surface area contributed by atoms with Crippen LogP contribution < -0.4 is 4.90 Å². The molecule has 7 nitrogen and oxygen atoms in total. The van der Waals surface area contributed by atoms with Crippen molar-refractivity contribution in [1.82, 2.24) is 4.31 Å². The lowest BCUT2D eigenvalue weighted by Gasteiger charge is -2.23. The number of para-hydroxylation sites is 1. The molecule has 0 aliphatic carbocycles. The number of hydrogen-bond acceptors (Lipinski definition) is 6. The van der Waals surface area contributed by atoms with Gasteiger partial charge in [-0.05, 0) is 48.7 Å². The minimum atomic E-state index is -3.54. The second-order valence-electron chi connectivity index (χ2n) is 8.91. The highest BCUT2D eigenvalue weighted by Crippen LogP contribution is 2.46. The molecule has 0 N–H and O–H groups in total. The van der Waals surface area contributed by atoms with Crippen LogP contribution in [0.15, 0.2) is 65.2 Å². The zero-order valence-corrected chi connectivity index (χ0v) is 19.9. The first kappa shape index (κ1) is 23.2. The van der Waals surface area contributed by atoms with Gasteiger partial charge in [0.25, 0.3) is 0 Å². The van der Waals surface area contributed by atoms with Gasteiger partial charge in [-0.1, -0.05) is 32.0 Å². The summed E-state index contributed by atoms with van der Waals surface area (Å²) in [6, 6.07) is 13.6. The number of anilines is 1. The molecule has 0 radical (unpaired) electrons. The van der Waals surface area contributed by atoms with Gasteiger partial charge in [-0.25, -0.2) is 13.2 Å². The standard InChI is InChI=1S/C25H28N2O5S/c1-25(2)21-8-4-5-9-22(21)26(3)23(25)16-19(28)17-32-24(29)18-10-12-20(13-11-18)33(30,31)27-14-6-7-15-27/h4-5,8-13,16H,6-7,14-15,17H2,1-3H3/b23-16+. The second-order valence-corrected chi connectivity index (χ2v) is 10.8. The van der Waals surface area contributed by atoms with Crippen molar-refractivity contribution in [3.8, 4) is 0 Å². The van der Waals surface area contributed by atoms with Crippen LogP contribution in [0.1, 0.15) is 42.6 Å². The van der Waals surface area contributed by atoms with E-state index in [1.54, 1.807) is 0 Å². The SMILES string of the molecule is CN1/C(=C/C(=O)COC(=O)c2ccc(S(=O)(=O)N3CCCC3)cc2)C(C)(C)c2ccccc21. The first-order valence-electron chi connectivity index (χ1n) is 11.0. The number of likely N-dealkylation sites (N-methyl/N-ethyl adjacent to an activating group) is 1. The number of rotatable bonds is 6. The molecule has 174 valence electrons. The lowest BCUT2D eigenvalue weighted by molar-refractivity contribution is -0.117. The maximum absolute atomic E-state index is 12.6. The maximum atomic E-state index is 12.6. The van der Waals surface area contributed by atoms with Gasteiger partial charge in [-0.15, -0.1) is 0 Å². The number of ether oxygens (including phenoxy) is 1. The zero-order valence-electron chi connectivity index (χ0n) is 19.1. The summed E-state index contributed by atoms with van der Waals surface area (Å²) in [6.45, 7) is 4.74. The van der Waals surface area contributed by atoms with Crippen molar-refractivity contribution >= 4 is 27.5 Å². The summed E-state index contributed by atoms with van der Waals surface area (Å²) >= 11 is 0. The molecule has 8 heteroatoms. The van der Waals surface area contributed by atoms with Gasteiger partial charge in [-0.2, -0.15) is 4.31 Å². The summed E-state index contributed by atoms with van der Waals surface area (Å²) in [5.74, 6) is -0.992. The number of carbonyl (C=O) groups is 2. The van der Waals surface area contributed by atoms with Crippen LogP contribution in [0.3, 0.4) is 0 Å². The Morgan fingerprint density at radius 2 is 1.67 bits per heavy atom. The van der Waals surface area contributed by atoms with Gasteiger partial charge >= 0.3 is 5.97 Å². The van der Waals surface area contributed by atoms with E-state index < -0.39 is 22.6 Å². The van der Waals surface area contributed by atoms with Gasteiger partial charge in [0, 0.05) is 43.0 Å². The van der Waals surface area contributed by atoms with E-state index in [0.717, 1.165) is 29.8 Å². The molecule has 2 aliphatic rings. The quantitative estimate of drug-likeness (QED) is 0.477. The van der Waals surface area contributed by atoms with Crippen LogP contribution in [0.5, 0.6) is 0 Å². The van der Waals surface area contributed by atoms with Gasteiger partial charge in [0.2, 0.25) is 10.0 Å². The van der Waals surface area contributed by atoms with Crippen molar-refractivity contribution in [2.24, 2.45) is 0 Å². The minimum absolute atomic E-state index is 0.146. The average molecular weight is 469 g/mol. The predicted octanol–water partition coefficient (Wildman–Crippen LogP) is 3.51. The van der Waals surface area contributed by atoms with Crippen molar-refractivity contribution in [1.29, 1.82) is 0 Å². The Morgan fingerprint density at radius 3 is 2.30 bits per heavy atom. The van der Waals surface area contributed by atoms with Crippen LogP contribution in [0.2, 0.25) is 0 Å². The summed E-state index contributed by atoms with van der Waals surface area (Å²) in [4.78, 5) is 27.1. The van der Waals surface area contributed by atoms with E-state index in [-0.39, 0.29) is 21.7 Å². The Kier molecular flexibility index (Phi) is 6.16. The molecule has 0 aromatic heterocycles. The smallest absolute Gasteiger partial charge is 0.338 e. The average Bonchev–Trinajstić information content (AvgIpc) is 3.41. The normalized spacial score (nSPS) is 19.0. The molecule has 0 atom stereocenters. The minimum Gasteiger partial charge on any atom is -0.454 e. The number of esters is 1. The topological polar surface area (TPSA) is 84.0 Å². The Morgan fingerprint density at radius 1 is 1.03 bits per heavy atom. The first-order valence-corrected chi connectivity index (χ1v) is 12.4. The third-order valence-corrected chi connectivity index (χ3v) is 8.29. The number of ketones is 1. The number of benzene rings is 2. The van der Waals surface area contributed by atoms with Gasteiger partial charge < -0.3 is 9.64 Å². The number of carbonyl (C=O) groups excluding carboxylic acids is 2. The van der Waals surface area contributed by atoms with Gasteiger partial charge in [-0.3, -0.25) is 4.79 Å². The molecule has 2 heterocycles. The molecule has 0 bridgehead atoms. The molecule has 0 amide bonds. The van der Waals surface area contributed by atoms with Gasteiger partial charge in [0.05, 0.1) is 10.5 Å². The summed E-state index contributed by atoms with van der Waals surface area (Å²) < 4.78 is 31.9. The predicted molar refractivity (Wildman–Crippen MR) is 126 cm³/mol. The summed E-state index contributed by atoms with van der Waals surface area (Å²) in [5.41, 5.74) is 2.86. The first-order chi connectivity index (χ1) is 15.6. The highest BCUT2D eigenvalue weighted by Gasteiger charge is 2.38. The van der Waals surface area contributed by atoms with E-state index in [0.29, 0.717) is 13.1 Å². The van der Waals surface area contributed by atoms with Gasteiger partial charge in [0.15, 0.2) is 12.4 Å². The van der Waals surface area contributed by atoms with Crippen LogP contribution in [0.4, 0.5) is 5.69 Å². The lowest BCUT2D eigenvalue weighted by atomic mass is 9.83. The molecular weight excluding hydrogens is 440 g/mol. The van der Waals surface area contributed by atoms with E-state index in [1.165, 1.54) is 34.6 Å². The molecule has 1 fully saturated rings. The van der Waals surface area contributed by atoms with Crippen LogP contribution in [-0.4, -0.2) is 51.2 Å². The van der Waals surface area contributed by atoms with Crippen molar-refractivity contribution in [3.63, 3.8) is 0 Å². The fourth-order valence-electron chi connectivity index (χ4n) is 4.51. The van der Waals surface area contributed by atoms with Crippen molar-refractivity contribution in [3.05, 3.63) is 71.4 Å². The van der Waals surface area contributed by atoms with E-state index in [9.17, 15) is 18.0 Å². The molecule has 4 rings (SSSR count). The van der Waals surface area contributed by atoms with Crippen LogP contribution >= 0.6 is 0 Å². The number of hydrogen-bond donors (Lipinski definition) is 0. The van der Waals surface area contributed by atoms with Gasteiger partial charge in [0.1, 0.15) is 0 Å². The molecular formula is C25H28N2O5S. The van der Waals surface area contributed by atoms with Crippen LogP contribution in [0, 0.1) is 0 Å². The van der Waals surface area contributed by atoms with Crippen LogP contribution in [-0.2, 0) is 25.0 Å². The Labute approximate surface area is 194 Å². The number of nitrogens with zero attached hydrogens (tertiary/aromatic N) is 2. The zero-order chi connectivity index (χ0) is 23.8. The van der Waals surface area contributed by atoms with Crippen LogP contribution in [0.25, 0.3) is 0 Å². The second kappa shape index (κ2) is 8.76. The molecule has 2 aromatic rings. The molecule has 1 saturated heterocycles. The van der Waals surface area contributed by atoms with E-state index >= 15 is 0 Å². The Balaban J connectivity index is 1.40. The molecule has 0 saturated carbocycles. The summed E-state index contributed by atoms with van der Waals surface area (Å²) in [7, 11) is -1.63. The molecule has 2 aromatic carbocycles. The highest BCUT2D eigenvalue weighted by molar-refractivity contribution is 7.89. The fourth-order valence-corrected chi connectivity index (χ4v) is 6.03. The number of fused-ring (bicyclic) bond motifs is 1. The molecule has 33 heavy (non-hydrogen) atoms. The summed E-state index contributed by atoms with van der Waals surface area (Å²) in [6.07, 6.45) is 3.23. The molecule has 0 spiro atoms. The Hall–Kier alpha value is -2.97. The highest BCUT2D eigenvalue weighted by atomic mass is 32.2. The third-order valence-electron chi connectivity index (χ3n) is 6.38. The monoisotopic (exact) mass is 468 g/mol. The third kappa shape index (κ3) is 4.32.